The van der Waals surface area contributed by atoms with Crippen molar-refractivity contribution in [1.29, 1.82) is 0 Å². The summed E-state index contributed by atoms with van der Waals surface area (Å²) in [5.41, 5.74) is 1.78. The number of ether oxygens (including phenoxy) is 1. The van der Waals surface area contributed by atoms with Gasteiger partial charge in [-0.2, -0.15) is 0 Å². The fourth-order valence-electron chi connectivity index (χ4n) is 4.67. The average molecular weight is 489 g/mol. The summed E-state index contributed by atoms with van der Waals surface area (Å²) in [6, 6.07) is 26.3. The number of amides is 1. The predicted octanol–water partition coefficient (Wildman–Crippen LogP) is 3.10. The second-order valence-corrected chi connectivity index (χ2v) is 10.9. The maximum Gasteiger partial charge on any atom is 0.265 e. The predicted molar refractivity (Wildman–Crippen MR) is 131 cm³/mol. The lowest BCUT2D eigenvalue weighted by Gasteiger charge is -2.32. The number of hydrogen-bond donors (Lipinski definition) is 0. The molecule has 2 atom stereocenters. The molecule has 0 fully saturated rings. The number of carbonyl (C=O) groups excluding carboxylic acids is 2. The van der Waals surface area contributed by atoms with Crippen molar-refractivity contribution >= 4 is 26.8 Å². The van der Waals surface area contributed by atoms with Crippen LogP contribution in [0.4, 0.5) is 0 Å². The van der Waals surface area contributed by atoms with Gasteiger partial charge in [0.25, 0.3) is 11.0 Å². The number of rotatable bonds is 5. The van der Waals surface area contributed by atoms with Crippen molar-refractivity contribution in [3.05, 3.63) is 107 Å². The third-order valence-electron chi connectivity index (χ3n) is 6.39. The maximum atomic E-state index is 14.3. The quantitative estimate of drug-likeness (QED) is 0.550. The molecule has 0 N–H and O–H groups in total. The van der Waals surface area contributed by atoms with Gasteiger partial charge in [0.15, 0.2) is 11.6 Å². The molecule has 0 saturated heterocycles. The van der Waals surface area contributed by atoms with Crippen LogP contribution in [0.25, 0.3) is 0 Å². The lowest BCUT2D eigenvalue weighted by atomic mass is 9.81. The molecule has 3 aromatic rings. The molecule has 1 amide bonds. The van der Waals surface area contributed by atoms with E-state index in [1.165, 1.54) is 4.90 Å². The zero-order valence-corrected chi connectivity index (χ0v) is 19.9. The van der Waals surface area contributed by atoms with Crippen molar-refractivity contribution in [1.82, 2.24) is 4.90 Å². The third-order valence-corrected chi connectivity index (χ3v) is 7.35. The van der Waals surface area contributed by atoms with Crippen LogP contribution >= 0.6 is 0 Å². The lowest BCUT2D eigenvalue weighted by Crippen LogP contribution is -2.51. The Balaban J connectivity index is 1.70. The van der Waals surface area contributed by atoms with Crippen molar-refractivity contribution in [3.63, 3.8) is 0 Å². The summed E-state index contributed by atoms with van der Waals surface area (Å²) in [6.07, 6.45) is 0.351. The second-order valence-electron chi connectivity index (χ2n) is 8.87. The molecule has 2 aliphatic heterocycles. The van der Waals surface area contributed by atoms with Gasteiger partial charge in [0, 0.05) is 30.3 Å². The molecule has 2 heterocycles. The van der Waals surface area contributed by atoms with Crippen LogP contribution in [-0.2, 0) is 37.1 Å². The van der Waals surface area contributed by atoms with Crippen LogP contribution in [0.2, 0.25) is 0 Å². The number of benzene rings is 3. The van der Waals surface area contributed by atoms with Gasteiger partial charge in [-0.3, -0.25) is 9.59 Å². The SMILES string of the molecule is CS(=O)(=O)C(=O)CN1Cc2ccccc2[C@@H]2OC(c3ccccc3)=N[C@]2(Cc2ccccc2)C1=O. The standard InChI is InChI=1S/C27H24N2O5S/c1-35(32,33)23(30)18-29-17-21-14-8-9-15-22(21)24-27(26(29)31,16-19-10-4-2-5-11-19)28-25(34-24)20-12-6-3-7-13-20/h2-15,24H,16-18H2,1H3/t24-,27-/m0/s1. The number of hydrogen-bond acceptors (Lipinski definition) is 6. The van der Waals surface area contributed by atoms with Crippen molar-refractivity contribution in [2.45, 2.75) is 24.6 Å². The van der Waals surface area contributed by atoms with E-state index in [1.54, 1.807) is 0 Å². The Kier molecular flexibility index (Phi) is 5.76. The molecule has 0 aromatic heterocycles. The fraction of sp³-hybridized carbons (Fsp3) is 0.222. The lowest BCUT2D eigenvalue weighted by molar-refractivity contribution is -0.141. The highest BCUT2D eigenvalue weighted by Gasteiger charge is 2.57. The summed E-state index contributed by atoms with van der Waals surface area (Å²) >= 11 is 0. The molecular weight excluding hydrogens is 464 g/mol. The van der Waals surface area contributed by atoms with Gasteiger partial charge >= 0.3 is 0 Å². The molecule has 7 nitrogen and oxygen atoms in total. The average Bonchev–Trinajstić information content (AvgIpc) is 3.20. The molecule has 8 heteroatoms. The number of aliphatic imine (C=N–C) groups is 1. The van der Waals surface area contributed by atoms with Crippen LogP contribution in [0.1, 0.15) is 28.4 Å². The Morgan fingerprint density at radius 1 is 1.00 bits per heavy atom. The van der Waals surface area contributed by atoms with E-state index < -0.39 is 39.0 Å². The smallest absolute Gasteiger partial charge is 0.265 e. The van der Waals surface area contributed by atoms with Gasteiger partial charge in [-0.05, 0) is 23.3 Å². The summed E-state index contributed by atoms with van der Waals surface area (Å²) in [7, 11) is -3.97. The van der Waals surface area contributed by atoms with E-state index >= 15 is 0 Å². The molecule has 0 spiro atoms. The Morgan fingerprint density at radius 2 is 1.63 bits per heavy atom. The highest BCUT2D eigenvalue weighted by molar-refractivity contribution is 8.05. The first-order valence-electron chi connectivity index (χ1n) is 11.2. The number of nitrogens with zero attached hydrogens (tertiary/aromatic N) is 2. The summed E-state index contributed by atoms with van der Waals surface area (Å²) in [4.78, 5) is 33.0. The molecule has 35 heavy (non-hydrogen) atoms. The fourth-order valence-corrected chi connectivity index (χ4v) is 5.06. The normalized spacial score (nSPS) is 21.4. The Morgan fingerprint density at radius 3 is 2.31 bits per heavy atom. The van der Waals surface area contributed by atoms with Crippen molar-refractivity contribution < 1.29 is 22.7 Å². The Labute approximate surface area is 204 Å². The zero-order chi connectivity index (χ0) is 24.6. The zero-order valence-electron chi connectivity index (χ0n) is 19.1. The summed E-state index contributed by atoms with van der Waals surface area (Å²) in [5, 5.41) is -1.01. The molecule has 178 valence electrons. The van der Waals surface area contributed by atoms with Gasteiger partial charge in [0.2, 0.25) is 15.7 Å². The molecule has 0 saturated carbocycles. The number of carbonyl (C=O) groups is 2. The van der Waals surface area contributed by atoms with Crippen LogP contribution in [-0.4, -0.2) is 48.6 Å². The van der Waals surface area contributed by atoms with Crippen molar-refractivity contribution in [2.75, 3.05) is 12.8 Å². The van der Waals surface area contributed by atoms with Gasteiger partial charge in [-0.25, -0.2) is 13.4 Å². The number of fused-ring (bicyclic) bond motifs is 3. The van der Waals surface area contributed by atoms with Gasteiger partial charge in [0.1, 0.15) is 0 Å². The third kappa shape index (κ3) is 4.25. The first-order chi connectivity index (χ1) is 16.8. The van der Waals surface area contributed by atoms with Crippen LogP contribution in [0.3, 0.4) is 0 Å². The molecule has 0 unspecified atom stereocenters. The van der Waals surface area contributed by atoms with E-state index in [-0.39, 0.29) is 13.0 Å². The van der Waals surface area contributed by atoms with Gasteiger partial charge in [-0.15, -0.1) is 0 Å². The highest BCUT2D eigenvalue weighted by Crippen LogP contribution is 2.46. The van der Waals surface area contributed by atoms with Crippen LogP contribution in [0, 0.1) is 0 Å². The molecule has 5 rings (SSSR count). The van der Waals surface area contributed by atoms with E-state index in [9.17, 15) is 18.0 Å². The Hall–Kier alpha value is -3.78. The van der Waals surface area contributed by atoms with Crippen molar-refractivity contribution in [2.24, 2.45) is 4.99 Å². The van der Waals surface area contributed by atoms with E-state index in [0.717, 1.165) is 28.5 Å². The van der Waals surface area contributed by atoms with Crippen molar-refractivity contribution in [3.8, 4) is 0 Å². The molecule has 0 radical (unpaired) electrons. The van der Waals surface area contributed by atoms with Gasteiger partial charge in [0.05, 0.1) is 6.54 Å². The maximum absolute atomic E-state index is 14.3. The number of sulfone groups is 1. The highest BCUT2D eigenvalue weighted by atomic mass is 32.2. The monoisotopic (exact) mass is 488 g/mol. The summed E-state index contributed by atoms with van der Waals surface area (Å²) < 4.78 is 30.3. The minimum absolute atomic E-state index is 0.0862. The molecule has 2 aliphatic rings. The molecule has 0 aliphatic carbocycles. The minimum Gasteiger partial charge on any atom is -0.466 e. The summed E-state index contributed by atoms with van der Waals surface area (Å²) in [5.74, 6) is -0.101. The van der Waals surface area contributed by atoms with Crippen LogP contribution in [0.5, 0.6) is 0 Å². The first-order valence-corrected chi connectivity index (χ1v) is 13.1. The largest absolute Gasteiger partial charge is 0.466 e. The summed E-state index contributed by atoms with van der Waals surface area (Å²) in [6.45, 7) is -0.464. The topological polar surface area (TPSA) is 93.1 Å². The van der Waals surface area contributed by atoms with Crippen LogP contribution < -0.4 is 0 Å². The Bertz CT molecular complexity index is 1420. The second kappa shape index (κ2) is 8.78. The van der Waals surface area contributed by atoms with E-state index in [0.29, 0.717) is 5.90 Å². The van der Waals surface area contributed by atoms with Gasteiger partial charge < -0.3 is 9.64 Å². The van der Waals surface area contributed by atoms with E-state index in [1.807, 2.05) is 84.9 Å². The van der Waals surface area contributed by atoms with E-state index in [2.05, 4.69) is 0 Å². The molecular formula is C27H24N2O5S. The minimum atomic E-state index is -3.97. The first kappa shape index (κ1) is 23.0. The van der Waals surface area contributed by atoms with Gasteiger partial charge in [-0.1, -0.05) is 72.8 Å². The van der Waals surface area contributed by atoms with E-state index in [4.69, 9.17) is 9.73 Å². The molecule has 3 aromatic carbocycles. The van der Waals surface area contributed by atoms with Crippen LogP contribution in [0.15, 0.2) is 89.9 Å². The molecule has 0 bridgehead atoms.